The van der Waals surface area contributed by atoms with Crippen molar-refractivity contribution < 1.29 is 9.84 Å². The molecule has 0 bridgehead atoms. The van der Waals surface area contributed by atoms with Crippen LogP contribution in [0.25, 0.3) is 0 Å². The van der Waals surface area contributed by atoms with Gasteiger partial charge in [0.15, 0.2) is 0 Å². The Labute approximate surface area is 85.8 Å². The quantitative estimate of drug-likeness (QED) is 0.476. The Balaban J connectivity index is 4.35. The number of hydrogen-bond acceptors (Lipinski definition) is 3. The molecule has 0 aliphatic heterocycles. The molecule has 3 heteroatoms. The summed E-state index contributed by atoms with van der Waals surface area (Å²) in [6.07, 6.45) is 5.20. The van der Waals surface area contributed by atoms with E-state index in [1.165, 1.54) is 0 Å². The van der Waals surface area contributed by atoms with Crippen LogP contribution in [-0.2, 0) is 4.74 Å². The molecule has 0 rings (SSSR count). The van der Waals surface area contributed by atoms with E-state index in [0.717, 1.165) is 0 Å². The van der Waals surface area contributed by atoms with Gasteiger partial charge >= 0.3 is 0 Å². The molecule has 0 heterocycles. The smallest absolute Gasteiger partial charge is 0.0975 e. The number of rotatable bonds is 7. The highest BCUT2D eigenvalue weighted by Gasteiger charge is 2.16. The van der Waals surface area contributed by atoms with Crippen LogP contribution in [-0.4, -0.2) is 31.0 Å². The third-order valence-corrected chi connectivity index (χ3v) is 1.86. The highest BCUT2D eigenvalue weighted by molar-refractivity contribution is 5.11. The number of methoxy groups -OCH3 is 1. The Morgan fingerprint density at radius 3 is 2.64 bits per heavy atom. The zero-order valence-electron chi connectivity index (χ0n) is 8.86. The van der Waals surface area contributed by atoms with E-state index in [1.54, 1.807) is 13.2 Å². The zero-order valence-corrected chi connectivity index (χ0v) is 8.86. The fraction of sp³-hybridized carbons (Fsp3) is 0.455. The topological polar surface area (TPSA) is 41.5 Å². The van der Waals surface area contributed by atoms with Crippen molar-refractivity contribution >= 4 is 0 Å². The third kappa shape index (κ3) is 4.25. The van der Waals surface area contributed by atoms with Crippen LogP contribution < -0.4 is 5.32 Å². The van der Waals surface area contributed by atoms with Gasteiger partial charge in [-0.15, -0.1) is 0 Å². The number of ether oxygens (including phenoxy) is 1. The maximum atomic E-state index is 9.15. The van der Waals surface area contributed by atoms with Gasteiger partial charge in [0.2, 0.25) is 0 Å². The summed E-state index contributed by atoms with van der Waals surface area (Å²) in [7, 11) is 1.60. The zero-order chi connectivity index (χ0) is 11.0. The van der Waals surface area contributed by atoms with Crippen molar-refractivity contribution in [3.63, 3.8) is 0 Å². The highest BCUT2D eigenvalue weighted by atomic mass is 16.5. The van der Waals surface area contributed by atoms with E-state index in [4.69, 9.17) is 9.84 Å². The second kappa shape index (κ2) is 7.35. The van der Waals surface area contributed by atoms with Crippen LogP contribution in [0.5, 0.6) is 0 Å². The molecule has 0 spiro atoms. The summed E-state index contributed by atoms with van der Waals surface area (Å²) in [5, 5.41) is 12.2. The number of aliphatic hydroxyl groups excluding tert-OH is 1. The van der Waals surface area contributed by atoms with Crippen molar-refractivity contribution in [2.24, 2.45) is 0 Å². The fourth-order valence-corrected chi connectivity index (χ4v) is 1.10. The predicted octanol–water partition coefficient (Wildman–Crippen LogP) is 1.23. The number of nitrogens with one attached hydrogen (secondary N) is 1. The predicted molar refractivity (Wildman–Crippen MR) is 59.0 cm³/mol. The molecular weight excluding hydrogens is 178 g/mol. The molecule has 0 aromatic carbocycles. The highest BCUT2D eigenvalue weighted by Crippen LogP contribution is 2.02. The molecule has 3 nitrogen and oxygen atoms in total. The summed E-state index contributed by atoms with van der Waals surface area (Å²) in [5.41, 5.74) is 0.676. The Bertz CT molecular complexity index is 211. The number of hydrogen-bond donors (Lipinski definition) is 2. The Morgan fingerprint density at radius 1 is 1.64 bits per heavy atom. The van der Waals surface area contributed by atoms with Crippen molar-refractivity contribution in [3.8, 4) is 0 Å². The molecule has 2 N–H and O–H groups in total. The van der Waals surface area contributed by atoms with E-state index in [-0.39, 0.29) is 18.8 Å². The fourth-order valence-electron chi connectivity index (χ4n) is 1.10. The van der Waals surface area contributed by atoms with Crippen LogP contribution in [0.1, 0.15) is 6.92 Å². The summed E-state index contributed by atoms with van der Waals surface area (Å²) in [4.78, 5) is 0. The summed E-state index contributed by atoms with van der Waals surface area (Å²) in [5.74, 6) is 0. The molecule has 0 unspecified atom stereocenters. The van der Waals surface area contributed by atoms with Crippen molar-refractivity contribution in [1.29, 1.82) is 0 Å². The van der Waals surface area contributed by atoms with Gasteiger partial charge < -0.3 is 15.2 Å². The second-order valence-electron chi connectivity index (χ2n) is 2.89. The third-order valence-electron chi connectivity index (χ3n) is 1.86. The standard InChI is InChI=1S/C11H19NO2/c1-5-7-11(14-4)10(8-13)12-9(3)6-2/h5-7,10-13H,2-3,8H2,1,4H3/b7-5+/t10-,11+/m0/s1. The van der Waals surface area contributed by atoms with Crippen LogP contribution in [0.4, 0.5) is 0 Å². The van der Waals surface area contributed by atoms with Gasteiger partial charge in [0.05, 0.1) is 18.8 Å². The van der Waals surface area contributed by atoms with E-state index < -0.39 is 0 Å². The Kier molecular flexibility index (Phi) is 6.80. The second-order valence-corrected chi connectivity index (χ2v) is 2.89. The summed E-state index contributed by atoms with van der Waals surface area (Å²) >= 11 is 0. The molecule has 14 heavy (non-hydrogen) atoms. The van der Waals surface area contributed by atoms with Crippen LogP contribution in [0.2, 0.25) is 0 Å². The molecule has 80 valence electrons. The largest absolute Gasteiger partial charge is 0.394 e. The maximum absolute atomic E-state index is 9.15. The van der Waals surface area contributed by atoms with Gasteiger partial charge in [0.25, 0.3) is 0 Å². The van der Waals surface area contributed by atoms with Crippen LogP contribution in [0.15, 0.2) is 37.1 Å². The van der Waals surface area contributed by atoms with E-state index in [1.807, 2.05) is 19.1 Å². The van der Waals surface area contributed by atoms with E-state index in [2.05, 4.69) is 18.5 Å². The molecule has 0 aliphatic carbocycles. The van der Waals surface area contributed by atoms with Crippen LogP contribution in [0, 0.1) is 0 Å². The lowest BCUT2D eigenvalue weighted by molar-refractivity contribution is 0.0822. The molecule has 0 amide bonds. The first-order valence-corrected chi connectivity index (χ1v) is 4.53. The van der Waals surface area contributed by atoms with Crippen molar-refractivity contribution in [1.82, 2.24) is 5.32 Å². The summed E-state index contributed by atoms with van der Waals surface area (Å²) in [6.45, 7) is 9.18. The first-order valence-electron chi connectivity index (χ1n) is 4.53. The summed E-state index contributed by atoms with van der Waals surface area (Å²) in [6, 6.07) is -0.193. The lowest BCUT2D eigenvalue weighted by atomic mass is 10.1. The molecule has 0 aliphatic rings. The molecule has 0 saturated carbocycles. The van der Waals surface area contributed by atoms with Gasteiger partial charge in [-0.3, -0.25) is 0 Å². The molecule has 2 atom stereocenters. The van der Waals surface area contributed by atoms with Gasteiger partial charge in [-0.2, -0.15) is 0 Å². The monoisotopic (exact) mass is 197 g/mol. The average Bonchev–Trinajstić information content (AvgIpc) is 2.22. The Hall–Kier alpha value is -1.06. The molecular formula is C11H19NO2. The SMILES string of the molecule is C=CC(=C)N[C@@H](CO)[C@@H](/C=C/C)OC. The van der Waals surface area contributed by atoms with Crippen molar-refractivity contribution in [2.45, 2.75) is 19.1 Å². The van der Waals surface area contributed by atoms with E-state index in [9.17, 15) is 0 Å². The van der Waals surface area contributed by atoms with Crippen LogP contribution >= 0.6 is 0 Å². The molecule has 0 saturated heterocycles. The number of allylic oxidation sites excluding steroid dienone is 2. The number of aliphatic hydroxyl groups is 1. The van der Waals surface area contributed by atoms with Gasteiger partial charge in [-0.25, -0.2) is 0 Å². The summed E-state index contributed by atoms with van der Waals surface area (Å²) < 4.78 is 5.20. The van der Waals surface area contributed by atoms with Crippen LogP contribution in [0.3, 0.4) is 0 Å². The van der Waals surface area contributed by atoms with Gasteiger partial charge in [-0.1, -0.05) is 25.3 Å². The lowest BCUT2D eigenvalue weighted by Crippen LogP contribution is -2.41. The average molecular weight is 197 g/mol. The molecule has 0 aromatic heterocycles. The lowest BCUT2D eigenvalue weighted by Gasteiger charge is -2.23. The van der Waals surface area contributed by atoms with E-state index >= 15 is 0 Å². The minimum Gasteiger partial charge on any atom is -0.394 e. The first-order chi connectivity index (χ1) is 6.69. The molecule has 0 radical (unpaired) electrons. The maximum Gasteiger partial charge on any atom is 0.0975 e. The first kappa shape index (κ1) is 12.9. The molecule has 0 fully saturated rings. The minimum absolute atomic E-state index is 0.0181. The van der Waals surface area contributed by atoms with Crippen molar-refractivity contribution in [3.05, 3.63) is 37.1 Å². The van der Waals surface area contributed by atoms with Gasteiger partial charge in [-0.05, 0) is 13.0 Å². The van der Waals surface area contributed by atoms with Crippen molar-refractivity contribution in [2.75, 3.05) is 13.7 Å². The van der Waals surface area contributed by atoms with Gasteiger partial charge in [0, 0.05) is 12.8 Å². The van der Waals surface area contributed by atoms with Gasteiger partial charge in [0.1, 0.15) is 0 Å². The minimum atomic E-state index is -0.193. The molecule has 0 aromatic rings. The van der Waals surface area contributed by atoms with E-state index in [0.29, 0.717) is 5.70 Å². The Morgan fingerprint density at radius 2 is 2.29 bits per heavy atom. The normalized spacial score (nSPS) is 15.1.